The minimum atomic E-state index is -1.16. The lowest BCUT2D eigenvalue weighted by atomic mass is 9.98. The third kappa shape index (κ3) is 4.96. The molecule has 0 aliphatic carbocycles. The second-order valence-corrected chi connectivity index (χ2v) is 6.07. The van der Waals surface area contributed by atoms with Gasteiger partial charge in [-0.25, -0.2) is 4.79 Å². The summed E-state index contributed by atoms with van der Waals surface area (Å²) in [6.45, 7) is 5.87. The van der Waals surface area contributed by atoms with E-state index in [4.69, 9.17) is 6.11 Å². The number of amides is 1. The van der Waals surface area contributed by atoms with Crippen LogP contribution in [0.3, 0.4) is 0 Å². The van der Waals surface area contributed by atoms with E-state index in [0.717, 1.165) is 12.8 Å². The van der Waals surface area contributed by atoms with Crippen molar-refractivity contribution in [2.24, 2.45) is 0 Å². The zero-order valence-corrected chi connectivity index (χ0v) is 12.9. The molecule has 0 aromatic heterocycles. The molecule has 1 aliphatic rings. The lowest BCUT2D eigenvalue weighted by Crippen LogP contribution is -2.47. The molecule has 1 heterocycles. The number of Topliss-reactive ketones (excluding diaryl/α,β-unsaturated/α-hetero) is 1. The van der Waals surface area contributed by atoms with Crippen molar-refractivity contribution in [3.8, 4) is 0 Å². The molecule has 0 unspecified atom stereocenters. The minimum absolute atomic E-state index is 0.0531. The Hall–Kier alpha value is -0.580. The summed E-state index contributed by atoms with van der Waals surface area (Å²) in [7, 11) is 0. The van der Waals surface area contributed by atoms with Crippen LogP contribution in [-0.2, 0) is 9.53 Å². The molecule has 104 valence electrons. The number of carbonyl (C=O) groups excluding carboxylic acids is 2. The highest BCUT2D eigenvalue weighted by Crippen LogP contribution is 2.22. The van der Waals surface area contributed by atoms with Crippen LogP contribution in [-0.4, -0.2) is 40.3 Å². The first-order valence-electron chi connectivity index (χ1n) is 6.76. The molecule has 1 atom stereocenters. The van der Waals surface area contributed by atoms with Crippen molar-refractivity contribution < 1.29 is 15.7 Å². The van der Waals surface area contributed by atoms with Gasteiger partial charge in [-0.05, 0) is 40.0 Å². The van der Waals surface area contributed by atoms with Crippen molar-refractivity contribution in [3.05, 3.63) is 0 Å². The lowest BCUT2D eigenvalue weighted by Gasteiger charge is -2.36. The van der Waals surface area contributed by atoms with Crippen LogP contribution >= 0.6 is 15.9 Å². The van der Waals surface area contributed by atoms with Gasteiger partial charge < -0.3 is 9.64 Å². The Morgan fingerprint density at radius 3 is 2.67 bits per heavy atom. The van der Waals surface area contributed by atoms with Crippen molar-refractivity contribution in [1.82, 2.24) is 4.90 Å². The minimum Gasteiger partial charge on any atom is -0.444 e. The van der Waals surface area contributed by atoms with Crippen LogP contribution in [0.2, 0.25) is 0 Å². The van der Waals surface area contributed by atoms with Crippen LogP contribution in [0.5, 0.6) is 0 Å². The van der Waals surface area contributed by atoms with E-state index in [0.29, 0.717) is 13.0 Å². The molecule has 0 aromatic carbocycles. The molecule has 1 amide bonds. The van der Waals surface area contributed by atoms with E-state index in [9.17, 15) is 9.59 Å². The second kappa shape index (κ2) is 6.55. The molecule has 4 nitrogen and oxygen atoms in total. The molecule has 1 saturated heterocycles. The molecule has 1 rings (SSSR count). The summed E-state index contributed by atoms with van der Waals surface area (Å²) in [6.07, 6.45) is 1.79. The molecule has 0 spiro atoms. The molecular weight excluding hydrogens is 298 g/mol. The molecule has 0 N–H and O–H groups in total. The highest BCUT2D eigenvalue weighted by molar-refractivity contribution is 9.09. The number of piperidine rings is 1. The maximum absolute atomic E-state index is 12.2. The summed E-state index contributed by atoms with van der Waals surface area (Å²) in [5.74, 6) is -0.0644. The number of rotatable bonds is 3. The van der Waals surface area contributed by atoms with Crippen LogP contribution in [0, 0.1) is 0 Å². The van der Waals surface area contributed by atoms with Gasteiger partial charge in [-0.2, -0.15) is 0 Å². The predicted octanol–water partition coefficient (Wildman–Crippen LogP) is 3.13. The topological polar surface area (TPSA) is 46.6 Å². The summed E-state index contributed by atoms with van der Waals surface area (Å²) in [5, 5.41) is 0.218. The second-order valence-electron chi connectivity index (χ2n) is 5.50. The van der Waals surface area contributed by atoms with Gasteiger partial charge in [0.05, 0.1) is 6.70 Å². The van der Waals surface area contributed by atoms with Gasteiger partial charge in [0.15, 0.2) is 0 Å². The van der Waals surface area contributed by atoms with Crippen LogP contribution in [0.4, 0.5) is 4.79 Å². The van der Waals surface area contributed by atoms with Crippen molar-refractivity contribution in [2.75, 3.05) is 11.9 Å². The number of hydrogen-bond donors (Lipinski definition) is 0. The molecule has 18 heavy (non-hydrogen) atoms. The normalized spacial score (nSPS) is 25.6. The fourth-order valence-electron chi connectivity index (χ4n) is 1.89. The maximum atomic E-state index is 12.2. The highest BCUT2D eigenvalue weighted by Gasteiger charge is 2.31. The molecule has 0 radical (unpaired) electrons. The molecule has 1 aliphatic heterocycles. The Morgan fingerprint density at radius 2 is 2.11 bits per heavy atom. The van der Waals surface area contributed by atoms with Gasteiger partial charge >= 0.3 is 6.09 Å². The quantitative estimate of drug-likeness (QED) is 0.750. The smallest absolute Gasteiger partial charge is 0.410 e. The first-order valence-corrected chi connectivity index (χ1v) is 7.38. The summed E-state index contributed by atoms with van der Waals surface area (Å²) < 4.78 is 13.8. The molecule has 1 fully saturated rings. The van der Waals surface area contributed by atoms with E-state index >= 15 is 0 Å². The van der Waals surface area contributed by atoms with E-state index in [1.54, 1.807) is 20.8 Å². The summed E-state index contributed by atoms with van der Waals surface area (Å²) in [5.41, 5.74) is -0.588. The van der Waals surface area contributed by atoms with E-state index in [-0.39, 0.29) is 17.5 Å². The predicted molar refractivity (Wildman–Crippen MR) is 74.0 cm³/mol. The van der Waals surface area contributed by atoms with Crippen LogP contribution in [0.25, 0.3) is 0 Å². The first kappa shape index (κ1) is 13.8. The summed E-state index contributed by atoms with van der Waals surface area (Å²) >= 11 is 3.10. The van der Waals surface area contributed by atoms with Crippen LogP contribution in [0.15, 0.2) is 0 Å². The third-order valence-electron chi connectivity index (χ3n) is 2.64. The van der Waals surface area contributed by atoms with Gasteiger partial charge in [-0.15, -0.1) is 0 Å². The average molecular weight is 321 g/mol. The van der Waals surface area contributed by atoms with E-state index in [2.05, 4.69) is 15.9 Å². The molecular formula is C13H22BrNO3. The third-order valence-corrected chi connectivity index (χ3v) is 3.27. The molecule has 0 aromatic rings. The number of ketones is 1. The fraction of sp³-hybridized carbons (Fsp3) is 0.846. The standard InChI is InChI=1S/C13H22BrNO3/c1-13(2,3)18-12(17)15-7-5-4-6-10(15)8-11(16)9-14/h10H,4-9H2,1-3H3/t10-/m0/s1/i10D. The van der Waals surface area contributed by atoms with Crippen molar-refractivity contribution in [3.63, 3.8) is 0 Å². The summed E-state index contributed by atoms with van der Waals surface area (Å²) in [4.78, 5) is 25.2. The molecule has 5 heteroatoms. The largest absolute Gasteiger partial charge is 0.444 e. The molecule has 0 saturated carbocycles. The Balaban J connectivity index is 2.82. The monoisotopic (exact) mass is 320 g/mol. The molecule has 0 bridgehead atoms. The Bertz CT molecular complexity index is 356. The Morgan fingerprint density at radius 1 is 1.44 bits per heavy atom. The van der Waals surface area contributed by atoms with E-state index < -0.39 is 17.7 Å². The van der Waals surface area contributed by atoms with Gasteiger partial charge in [0.1, 0.15) is 11.4 Å². The lowest BCUT2D eigenvalue weighted by molar-refractivity contribution is -0.117. The number of ether oxygens (including phenoxy) is 1. The number of halogens is 1. The number of likely N-dealkylation sites (tertiary alicyclic amines) is 1. The van der Waals surface area contributed by atoms with Crippen molar-refractivity contribution >= 4 is 27.8 Å². The highest BCUT2D eigenvalue weighted by atomic mass is 79.9. The summed E-state index contributed by atoms with van der Waals surface area (Å²) in [6, 6.07) is -1.16. The SMILES string of the molecule is [2H][C@@]1(CC(=O)CBr)CCCCN1C(=O)OC(C)(C)C. The van der Waals surface area contributed by atoms with Gasteiger partial charge in [-0.1, -0.05) is 15.9 Å². The number of carbonyl (C=O) groups is 2. The van der Waals surface area contributed by atoms with Gasteiger partial charge in [0.2, 0.25) is 0 Å². The van der Waals surface area contributed by atoms with Crippen molar-refractivity contribution in [1.29, 1.82) is 0 Å². The Labute approximate surface area is 119 Å². The van der Waals surface area contributed by atoms with E-state index in [1.165, 1.54) is 4.90 Å². The van der Waals surface area contributed by atoms with E-state index in [1.807, 2.05) is 0 Å². The zero-order valence-electron chi connectivity index (χ0n) is 12.3. The number of hydrogen-bond acceptors (Lipinski definition) is 3. The number of alkyl halides is 1. The maximum Gasteiger partial charge on any atom is 0.410 e. The Kier molecular flexibility index (Phi) is 5.03. The fourth-order valence-corrected chi connectivity index (χ4v) is 2.09. The van der Waals surface area contributed by atoms with Crippen LogP contribution < -0.4 is 0 Å². The number of nitrogens with zero attached hydrogens (tertiary/aromatic N) is 1. The van der Waals surface area contributed by atoms with Gasteiger partial charge in [-0.3, -0.25) is 4.79 Å². The van der Waals surface area contributed by atoms with Crippen LogP contribution in [0.1, 0.15) is 47.8 Å². The zero-order chi connectivity index (χ0) is 14.7. The average Bonchev–Trinajstić information content (AvgIpc) is 2.26. The van der Waals surface area contributed by atoms with Gasteiger partial charge in [0, 0.05) is 19.0 Å². The van der Waals surface area contributed by atoms with Crippen molar-refractivity contribution in [2.45, 2.75) is 58.1 Å². The first-order chi connectivity index (χ1) is 8.68. The van der Waals surface area contributed by atoms with Gasteiger partial charge in [0.25, 0.3) is 0 Å².